The molecule has 0 unspecified atom stereocenters. The molecule has 5 rings (SSSR count). The molecule has 1 N–H and O–H groups in total. The number of amides is 2. The first-order valence-electron chi connectivity index (χ1n) is 14.0. The lowest BCUT2D eigenvalue weighted by molar-refractivity contribution is -0.178. The van der Waals surface area contributed by atoms with Crippen LogP contribution < -0.4 is 5.32 Å². The lowest BCUT2D eigenvalue weighted by Gasteiger charge is -2.52. The number of fused-ring (bicyclic) bond motifs is 1. The van der Waals surface area contributed by atoms with Crippen molar-refractivity contribution < 1.29 is 28.3 Å². The van der Waals surface area contributed by atoms with Crippen LogP contribution in [0.3, 0.4) is 0 Å². The van der Waals surface area contributed by atoms with Gasteiger partial charge in [-0.2, -0.15) is 0 Å². The Bertz CT molecular complexity index is 1230. The summed E-state index contributed by atoms with van der Waals surface area (Å²) in [7, 11) is 1.37. The number of piperidine rings is 1. The van der Waals surface area contributed by atoms with E-state index in [4.69, 9.17) is 13.9 Å². The van der Waals surface area contributed by atoms with Gasteiger partial charge in [0, 0.05) is 18.0 Å². The van der Waals surface area contributed by atoms with Gasteiger partial charge in [0.15, 0.2) is 0 Å². The fraction of sp³-hybridized carbons (Fsp3) is 0.516. The summed E-state index contributed by atoms with van der Waals surface area (Å²) in [4.78, 5) is 42.4. The second kappa shape index (κ2) is 11.4. The number of hydrogen-bond donors (Lipinski definition) is 1. The Morgan fingerprint density at radius 1 is 1.13 bits per heavy atom. The smallest absolute Gasteiger partial charge is 0.320 e. The number of nitrogens with zero attached hydrogens (tertiary/aromatic N) is 1. The third kappa shape index (κ3) is 5.39. The van der Waals surface area contributed by atoms with Crippen molar-refractivity contribution in [3.8, 4) is 0 Å². The van der Waals surface area contributed by atoms with Gasteiger partial charge in [-0.05, 0) is 62.8 Å². The molecule has 1 saturated heterocycles. The molecule has 2 fully saturated rings. The normalized spacial score (nSPS) is 27.2. The highest BCUT2D eigenvalue weighted by Gasteiger charge is 2.60. The van der Waals surface area contributed by atoms with Crippen molar-refractivity contribution >= 4 is 17.8 Å². The largest absolute Gasteiger partial charge is 0.468 e. The number of methoxy groups -OCH3 is 1. The number of likely N-dealkylation sites (tertiary alicyclic amines) is 1. The van der Waals surface area contributed by atoms with E-state index >= 15 is 0 Å². The second-order valence-electron chi connectivity index (χ2n) is 11.1. The van der Waals surface area contributed by atoms with Crippen molar-refractivity contribution in [2.24, 2.45) is 17.3 Å². The van der Waals surface area contributed by atoms with Crippen LogP contribution in [0.15, 0.2) is 58.7 Å². The molecule has 1 aliphatic carbocycles. The van der Waals surface area contributed by atoms with Gasteiger partial charge in [0.2, 0.25) is 11.8 Å². The van der Waals surface area contributed by atoms with Gasteiger partial charge in [-0.15, -0.1) is 0 Å². The number of ether oxygens (including phenoxy) is 2. The zero-order valence-electron chi connectivity index (χ0n) is 23.0. The van der Waals surface area contributed by atoms with Crippen molar-refractivity contribution in [3.05, 3.63) is 71.3 Å². The van der Waals surface area contributed by atoms with E-state index in [0.717, 1.165) is 37.0 Å². The van der Waals surface area contributed by atoms with E-state index in [0.29, 0.717) is 23.9 Å². The first-order chi connectivity index (χ1) is 18.8. The fourth-order valence-electron chi connectivity index (χ4n) is 6.54. The summed E-state index contributed by atoms with van der Waals surface area (Å²) in [5.41, 5.74) is 0.414. The Balaban J connectivity index is 1.48. The number of nitrogens with one attached hydrogen (secondary N) is 1. The third-order valence-electron chi connectivity index (χ3n) is 8.59. The van der Waals surface area contributed by atoms with E-state index < -0.39 is 23.4 Å². The monoisotopic (exact) mass is 534 g/mol. The van der Waals surface area contributed by atoms with Crippen molar-refractivity contribution in [2.45, 2.75) is 77.7 Å². The van der Waals surface area contributed by atoms with Crippen LogP contribution in [0.4, 0.5) is 0 Å². The van der Waals surface area contributed by atoms with Crippen LogP contribution in [0, 0.1) is 24.2 Å². The van der Waals surface area contributed by atoms with Crippen LogP contribution in [0.25, 0.3) is 0 Å². The average Bonchev–Trinajstić information content (AvgIpc) is 3.62. The molecule has 2 aromatic rings. The SMILES string of the molecule is COC(=O)[C@]12C[C@H](CC(=O)NCc3ccc(C)o3)C(=O)N(Cc3ccccc3)C1=C[C@H](C1CCCC1)O[C@@H]2C. The molecule has 2 aliphatic heterocycles. The van der Waals surface area contributed by atoms with E-state index in [1.54, 1.807) is 4.90 Å². The molecule has 0 bridgehead atoms. The minimum atomic E-state index is -1.18. The van der Waals surface area contributed by atoms with E-state index in [9.17, 15) is 14.4 Å². The highest BCUT2D eigenvalue weighted by atomic mass is 16.5. The minimum Gasteiger partial charge on any atom is -0.468 e. The molecule has 1 aromatic carbocycles. The van der Waals surface area contributed by atoms with Crippen molar-refractivity contribution in [3.63, 3.8) is 0 Å². The number of furan rings is 1. The number of carbonyl (C=O) groups excluding carboxylic acids is 3. The molecule has 1 saturated carbocycles. The van der Waals surface area contributed by atoms with Crippen LogP contribution in [-0.2, 0) is 36.9 Å². The Morgan fingerprint density at radius 3 is 2.54 bits per heavy atom. The molecular weight excluding hydrogens is 496 g/mol. The maximum atomic E-state index is 14.1. The Hall–Kier alpha value is -3.39. The molecule has 0 spiro atoms. The molecule has 39 heavy (non-hydrogen) atoms. The predicted molar refractivity (Wildman–Crippen MR) is 144 cm³/mol. The van der Waals surface area contributed by atoms with Crippen molar-refractivity contribution in [2.75, 3.05) is 7.11 Å². The first-order valence-corrected chi connectivity index (χ1v) is 14.0. The molecule has 208 valence electrons. The van der Waals surface area contributed by atoms with E-state index in [-0.39, 0.29) is 37.3 Å². The number of hydrogen-bond acceptors (Lipinski definition) is 6. The summed E-state index contributed by atoms with van der Waals surface area (Å²) < 4.78 is 17.5. The highest BCUT2D eigenvalue weighted by molar-refractivity contribution is 5.92. The van der Waals surface area contributed by atoms with Gasteiger partial charge >= 0.3 is 5.97 Å². The maximum absolute atomic E-state index is 14.1. The lowest BCUT2D eigenvalue weighted by atomic mass is 9.66. The average molecular weight is 535 g/mol. The van der Waals surface area contributed by atoms with Crippen LogP contribution in [0.2, 0.25) is 0 Å². The van der Waals surface area contributed by atoms with Crippen molar-refractivity contribution in [1.82, 2.24) is 10.2 Å². The van der Waals surface area contributed by atoms with E-state index in [1.807, 2.05) is 62.4 Å². The predicted octanol–water partition coefficient (Wildman–Crippen LogP) is 4.66. The maximum Gasteiger partial charge on any atom is 0.320 e. The van der Waals surface area contributed by atoms with Gasteiger partial charge in [0.1, 0.15) is 16.9 Å². The van der Waals surface area contributed by atoms with Crippen molar-refractivity contribution in [1.29, 1.82) is 0 Å². The molecular formula is C31H38N2O6. The van der Waals surface area contributed by atoms with Gasteiger partial charge in [0.25, 0.3) is 0 Å². The summed E-state index contributed by atoms with van der Waals surface area (Å²) in [6.45, 7) is 4.28. The van der Waals surface area contributed by atoms with Gasteiger partial charge in [0.05, 0.1) is 32.4 Å². The number of rotatable bonds is 8. The minimum absolute atomic E-state index is 0.0470. The summed E-state index contributed by atoms with van der Waals surface area (Å²) in [6, 6.07) is 13.4. The zero-order chi connectivity index (χ0) is 27.6. The summed E-state index contributed by atoms with van der Waals surface area (Å²) in [5, 5.41) is 2.86. The quantitative estimate of drug-likeness (QED) is 0.495. The van der Waals surface area contributed by atoms with Crippen LogP contribution in [0.1, 0.15) is 62.5 Å². The Kier molecular flexibility index (Phi) is 7.93. The molecule has 2 amide bonds. The van der Waals surface area contributed by atoms with E-state index in [2.05, 4.69) is 5.32 Å². The zero-order valence-corrected chi connectivity index (χ0v) is 23.0. The van der Waals surface area contributed by atoms with Crippen LogP contribution in [0.5, 0.6) is 0 Å². The first kappa shape index (κ1) is 27.2. The Labute approximate surface area is 229 Å². The lowest BCUT2D eigenvalue weighted by Crippen LogP contribution is -2.60. The number of benzene rings is 1. The number of aryl methyl sites for hydroxylation is 1. The number of carbonyl (C=O) groups is 3. The third-order valence-corrected chi connectivity index (χ3v) is 8.59. The van der Waals surface area contributed by atoms with E-state index in [1.165, 1.54) is 7.11 Å². The molecule has 3 aliphatic rings. The van der Waals surface area contributed by atoms with Gasteiger partial charge in [-0.3, -0.25) is 14.4 Å². The molecule has 1 aromatic heterocycles. The number of esters is 1. The standard InChI is InChI=1S/C31H38N2O6/c1-20-13-14-25(38-20)18-32-28(34)15-24-17-31(30(36)37-3)21(2)39-26(23-11-7-8-12-23)16-27(31)33(29(24)35)19-22-9-5-4-6-10-22/h4-6,9-10,13-14,16,21,23-24,26H,7-8,11-12,15,17-19H2,1-3H3,(H,32,34)/t21-,24+,26-,31+/m1/s1. The van der Waals surface area contributed by atoms with Crippen LogP contribution >= 0.6 is 0 Å². The van der Waals surface area contributed by atoms with Gasteiger partial charge in [-0.25, -0.2) is 0 Å². The van der Waals surface area contributed by atoms with Gasteiger partial charge in [-0.1, -0.05) is 43.2 Å². The fourth-order valence-corrected chi connectivity index (χ4v) is 6.54. The molecule has 0 radical (unpaired) electrons. The van der Waals surface area contributed by atoms with Crippen LogP contribution in [-0.4, -0.2) is 42.0 Å². The molecule has 8 nitrogen and oxygen atoms in total. The summed E-state index contributed by atoms with van der Waals surface area (Å²) in [6.07, 6.45) is 5.88. The summed E-state index contributed by atoms with van der Waals surface area (Å²) >= 11 is 0. The molecule has 4 atom stereocenters. The molecule has 8 heteroatoms. The summed E-state index contributed by atoms with van der Waals surface area (Å²) in [5.74, 6) is 0.184. The topological polar surface area (TPSA) is 98.1 Å². The second-order valence-corrected chi connectivity index (χ2v) is 11.1. The highest BCUT2D eigenvalue weighted by Crippen LogP contribution is 2.52. The molecule has 3 heterocycles. The van der Waals surface area contributed by atoms with Gasteiger partial charge < -0.3 is 24.1 Å². The Morgan fingerprint density at radius 2 is 1.87 bits per heavy atom.